The van der Waals surface area contributed by atoms with Crippen LogP contribution in [0.5, 0.6) is 5.75 Å². The average Bonchev–Trinajstić information content (AvgIpc) is 2.48. The molecule has 2 N–H and O–H groups in total. The number of anilines is 2. The van der Waals surface area contributed by atoms with Crippen LogP contribution in [0.4, 0.5) is 15.8 Å². The van der Waals surface area contributed by atoms with E-state index in [4.69, 9.17) is 4.74 Å². The Kier molecular flexibility index (Phi) is 5.89. The van der Waals surface area contributed by atoms with Gasteiger partial charge in [-0.25, -0.2) is 4.39 Å². The Bertz CT molecular complexity index is 732. The van der Waals surface area contributed by atoms with Gasteiger partial charge >= 0.3 is 0 Å². The van der Waals surface area contributed by atoms with Gasteiger partial charge in [0.05, 0.1) is 11.8 Å². The van der Waals surface area contributed by atoms with Gasteiger partial charge in [-0.3, -0.25) is 9.59 Å². The lowest BCUT2D eigenvalue weighted by molar-refractivity contribution is -0.123. The van der Waals surface area contributed by atoms with Crippen molar-refractivity contribution in [3.05, 3.63) is 54.3 Å². The van der Waals surface area contributed by atoms with Crippen molar-refractivity contribution in [3.8, 4) is 5.75 Å². The van der Waals surface area contributed by atoms with Crippen LogP contribution in [0, 0.1) is 5.82 Å². The number of halogens is 1. The van der Waals surface area contributed by atoms with Gasteiger partial charge < -0.3 is 15.4 Å². The molecule has 0 unspecified atom stereocenters. The zero-order valence-corrected chi connectivity index (χ0v) is 13.5. The van der Waals surface area contributed by atoms with Gasteiger partial charge in [-0.05, 0) is 44.2 Å². The highest BCUT2D eigenvalue weighted by Gasteiger charge is 2.13. The molecule has 0 saturated heterocycles. The smallest absolute Gasteiger partial charge is 0.233 e. The summed E-state index contributed by atoms with van der Waals surface area (Å²) in [6.07, 6.45) is -0.425. The van der Waals surface area contributed by atoms with E-state index in [1.54, 1.807) is 30.3 Å². The molecule has 0 bridgehead atoms. The van der Waals surface area contributed by atoms with Crippen molar-refractivity contribution >= 4 is 23.2 Å². The predicted molar refractivity (Wildman–Crippen MR) is 90.5 cm³/mol. The molecule has 126 valence electrons. The third-order valence-corrected chi connectivity index (χ3v) is 2.95. The molecule has 0 heterocycles. The van der Waals surface area contributed by atoms with Gasteiger partial charge in [-0.1, -0.05) is 18.2 Å². The maximum absolute atomic E-state index is 13.1. The average molecular weight is 330 g/mol. The molecule has 0 aliphatic carbocycles. The minimum Gasteiger partial charge on any atom is -0.489 e. The SMILES string of the molecule is CC(C)Oc1ccccc1NC(=O)CC(=O)Nc1cccc(F)c1. The van der Waals surface area contributed by atoms with Gasteiger partial charge in [0.1, 0.15) is 18.0 Å². The maximum Gasteiger partial charge on any atom is 0.233 e. The Hall–Kier alpha value is -2.89. The zero-order valence-electron chi connectivity index (χ0n) is 13.5. The molecule has 0 fully saturated rings. The van der Waals surface area contributed by atoms with Crippen LogP contribution >= 0.6 is 0 Å². The molecule has 0 aliphatic heterocycles. The van der Waals surface area contributed by atoms with Crippen LogP contribution in [0.25, 0.3) is 0 Å². The summed E-state index contributed by atoms with van der Waals surface area (Å²) in [6.45, 7) is 3.76. The third-order valence-electron chi connectivity index (χ3n) is 2.95. The lowest BCUT2D eigenvalue weighted by atomic mass is 10.2. The van der Waals surface area contributed by atoms with E-state index in [0.29, 0.717) is 17.1 Å². The van der Waals surface area contributed by atoms with Crippen LogP contribution in [-0.4, -0.2) is 17.9 Å². The van der Waals surface area contributed by atoms with E-state index in [-0.39, 0.29) is 12.5 Å². The highest BCUT2D eigenvalue weighted by atomic mass is 19.1. The second-order valence-electron chi connectivity index (χ2n) is 5.45. The fourth-order valence-corrected chi connectivity index (χ4v) is 2.04. The molecular formula is C18H19FN2O3. The van der Waals surface area contributed by atoms with Gasteiger partial charge in [0.25, 0.3) is 0 Å². The van der Waals surface area contributed by atoms with Crippen LogP contribution in [0.1, 0.15) is 20.3 Å². The number of ether oxygens (including phenoxy) is 1. The number of nitrogens with one attached hydrogen (secondary N) is 2. The van der Waals surface area contributed by atoms with Crippen LogP contribution in [0.15, 0.2) is 48.5 Å². The largest absolute Gasteiger partial charge is 0.489 e. The Morgan fingerprint density at radius 3 is 2.46 bits per heavy atom. The predicted octanol–water partition coefficient (Wildman–Crippen LogP) is 3.58. The first-order chi connectivity index (χ1) is 11.4. The Balaban J connectivity index is 1.94. The van der Waals surface area contributed by atoms with Gasteiger partial charge in [0.15, 0.2) is 0 Å². The van der Waals surface area contributed by atoms with Crippen molar-refractivity contribution in [1.29, 1.82) is 0 Å². The lowest BCUT2D eigenvalue weighted by Crippen LogP contribution is -2.22. The van der Waals surface area contributed by atoms with Crippen molar-refractivity contribution in [2.75, 3.05) is 10.6 Å². The minimum absolute atomic E-state index is 0.0423. The number of carbonyl (C=O) groups is 2. The van der Waals surface area contributed by atoms with E-state index < -0.39 is 17.6 Å². The first-order valence-corrected chi connectivity index (χ1v) is 7.55. The van der Waals surface area contributed by atoms with Gasteiger partial charge in [-0.2, -0.15) is 0 Å². The molecule has 5 nitrogen and oxygen atoms in total. The summed E-state index contributed by atoms with van der Waals surface area (Å²) in [5, 5.41) is 5.12. The van der Waals surface area contributed by atoms with Crippen LogP contribution in [-0.2, 0) is 9.59 Å². The van der Waals surface area contributed by atoms with E-state index in [1.807, 2.05) is 13.8 Å². The minimum atomic E-state index is -0.527. The Morgan fingerprint density at radius 2 is 1.75 bits per heavy atom. The van der Waals surface area contributed by atoms with Crippen molar-refractivity contribution in [2.45, 2.75) is 26.4 Å². The molecule has 0 aromatic heterocycles. The summed E-state index contributed by atoms with van der Waals surface area (Å²) in [4.78, 5) is 23.9. The summed E-state index contributed by atoms with van der Waals surface area (Å²) < 4.78 is 18.7. The molecule has 0 saturated carbocycles. The molecule has 2 amide bonds. The van der Waals surface area contributed by atoms with Crippen LogP contribution < -0.4 is 15.4 Å². The second-order valence-corrected chi connectivity index (χ2v) is 5.45. The first kappa shape index (κ1) is 17.5. The van der Waals surface area contributed by atoms with E-state index in [2.05, 4.69) is 10.6 Å². The Morgan fingerprint density at radius 1 is 1.04 bits per heavy atom. The highest BCUT2D eigenvalue weighted by Crippen LogP contribution is 2.25. The Labute approximate surface area is 139 Å². The number of para-hydroxylation sites is 2. The number of hydrogen-bond acceptors (Lipinski definition) is 3. The zero-order chi connectivity index (χ0) is 17.5. The van der Waals surface area contributed by atoms with E-state index in [1.165, 1.54) is 18.2 Å². The number of carbonyl (C=O) groups excluding carboxylic acids is 2. The van der Waals surface area contributed by atoms with Crippen LogP contribution in [0.2, 0.25) is 0 Å². The van der Waals surface area contributed by atoms with Crippen molar-refractivity contribution in [3.63, 3.8) is 0 Å². The van der Waals surface area contributed by atoms with E-state index in [9.17, 15) is 14.0 Å². The summed E-state index contributed by atoms with van der Waals surface area (Å²) in [6, 6.07) is 12.5. The molecule has 2 aromatic carbocycles. The van der Waals surface area contributed by atoms with E-state index in [0.717, 1.165) is 0 Å². The van der Waals surface area contributed by atoms with Gasteiger partial charge in [0, 0.05) is 5.69 Å². The number of amides is 2. The molecule has 0 atom stereocenters. The highest BCUT2D eigenvalue weighted by molar-refractivity contribution is 6.08. The molecule has 0 radical (unpaired) electrons. The molecule has 0 aliphatic rings. The third kappa shape index (κ3) is 5.39. The van der Waals surface area contributed by atoms with Crippen molar-refractivity contribution in [1.82, 2.24) is 0 Å². The summed E-state index contributed by atoms with van der Waals surface area (Å²) >= 11 is 0. The van der Waals surface area contributed by atoms with Crippen molar-refractivity contribution in [2.24, 2.45) is 0 Å². The fourth-order valence-electron chi connectivity index (χ4n) is 2.04. The lowest BCUT2D eigenvalue weighted by Gasteiger charge is -2.14. The van der Waals surface area contributed by atoms with Crippen molar-refractivity contribution < 1.29 is 18.7 Å². The molecule has 24 heavy (non-hydrogen) atoms. The molecule has 0 spiro atoms. The van der Waals surface area contributed by atoms with Gasteiger partial charge in [0.2, 0.25) is 11.8 Å². The number of rotatable bonds is 6. The number of benzene rings is 2. The second kappa shape index (κ2) is 8.10. The molecule has 6 heteroatoms. The summed E-state index contributed by atoms with van der Waals surface area (Å²) in [7, 11) is 0. The molecular weight excluding hydrogens is 311 g/mol. The fraction of sp³-hybridized carbons (Fsp3) is 0.222. The first-order valence-electron chi connectivity index (χ1n) is 7.55. The standard InChI is InChI=1S/C18H19FN2O3/c1-12(2)24-16-9-4-3-8-15(16)21-18(23)11-17(22)20-14-7-5-6-13(19)10-14/h3-10,12H,11H2,1-2H3,(H,20,22)(H,21,23). The summed E-state index contributed by atoms with van der Waals surface area (Å²) in [5.74, 6) is -0.938. The summed E-state index contributed by atoms with van der Waals surface area (Å²) in [5.41, 5.74) is 0.797. The van der Waals surface area contributed by atoms with Gasteiger partial charge in [-0.15, -0.1) is 0 Å². The maximum atomic E-state index is 13.1. The normalized spacial score (nSPS) is 10.3. The molecule has 2 rings (SSSR count). The molecule has 2 aromatic rings. The topological polar surface area (TPSA) is 67.4 Å². The number of hydrogen-bond donors (Lipinski definition) is 2. The van der Waals surface area contributed by atoms with E-state index >= 15 is 0 Å². The van der Waals surface area contributed by atoms with Crippen LogP contribution in [0.3, 0.4) is 0 Å². The quantitative estimate of drug-likeness (QED) is 0.796. The monoisotopic (exact) mass is 330 g/mol.